The minimum atomic E-state index is -0.590. The van der Waals surface area contributed by atoms with E-state index in [0.717, 1.165) is 6.42 Å². The highest BCUT2D eigenvalue weighted by Crippen LogP contribution is 2.22. The lowest BCUT2D eigenvalue weighted by molar-refractivity contribution is -0.152. The Morgan fingerprint density at radius 3 is 2.16 bits per heavy atom. The molecule has 2 fully saturated rings. The predicted molar refractivity (Wildman–Crippen MR) is 114 cm³/mol. The molecule has 9 heteroatoms. The quantitative estimate of drug-likeness (QED) is 0.607. The van der Waals surface area contributed by atoms with Crippen LogP contribution in [0.3, 0.4) is 0 Å². The largest absolute Gasteiger partial charge is 0.466 e. The molecule has 0 aliphatic carbocycles. The molecule has 2 rings (SSSR count). The van der Waals surface area contributed by atoms with Gasteiger partial charge >= 0.3 is 12.1 Å². The first kappa shape index (κ1) is 24.9. The van der Waals surface area contributed by atoms with Gasteiger partial charge in [0.05, 0.1) is 25.0 Å². The van der Waals surface area contributed by atoms with E-state index < -0.39 is 11.7 Å². The van der Waals surface area contributed by atoms with Crippen LogP contribution in [0.5, 0.6) is 0 Å². The van der Waals surface area contributed by atoms with Crippen molar-refractivity contribution in [2.75, 3.05) is 46.4 Å². The standard InChI is InChI=1S/C22H37N3O6/c1-6-30-20(28)17-10-8-11-24(14-17)18(26)15-23(5)19(27)16-9-7-12-25(13-16)21(29)31-22(2,3)4/h16-17H,6-15H2,1-5H3. The summed E-state index contributed by atoms with van der Waals surface area (Å²) >= 11 is 0. The number of hydrogen-bond donors (Lipinski definition) is 0. The molecule has 0 N–H and O–H groups in total. The van der Waals surface area contributed by atoms with E-state index in [9.17, 15) is 19.2 Å². The number of piperidine rings is 2. The van der Waals surface area contributed by atoms with E-state index in [1.54, 1.807) is 23.8 Å². The summed E-state index contributed by atoms with van der Waals surface area (Å²) < 4.78 is 10.5. The zero-order valence-corrected chi connectivity index (χ0v) is 19.5. The summed E-state index contributed by atoms with van der Waals surface area (Å²) in [6.45, 7) is 9.23. The Kier molecular flexibility index (Phi) is 8.70. The van der Waals surface area contributed by atoms with Gasteiger partial charge in [-0.3, -0.25) is 14.4 Å². The van der Waals surface area contributed by atoms with Gasteiger partial charge in [-0.2, -0.15) is 0 Å². The van der Waals surface area contributed by atoms with Crippen LogP contribution in [0, 0.1) is 11.8 Å². The van der Waals surface area contributed by atoms with Crippen molar-refractivity contribution in [2.45, 2.75) is 59.0 Å². The molecular formula is C22H37N3O6. The van der Waals surface area contributed by atoms with Crippen molar-refractivity contribution in [3.63, 3.8) is 0 Å². The van der Waals surface area contributed by atoms with Crippen LogP contribution in [0.4, 0.5) is 4.79 Å². The summed E-state index contributed by atoms with van der Waals surface area (Å²) in [5, 5.41) is 0. The average molecular weight is 440 g/mol. The van der Waals surface area contributed by atoms with E-state index in [0.29, 0.717) is 52.0 Å². The third-order valence-electron chi connectivity index (χ3n) is 5.57. The molecule has 2 heterocycles. The maximum Gasteiger partial charge on any atom is 0.410 e. The molecular weight excluding hydrogens is 402 g/mol. The smallest absolute Gasteiger partial charge is 0.410 e. The lowest BCUT2D eigenvalue weighted by Gasteiger charge is -2.36. The number of likely N-dealkylation sites (tertiary alicyclic amines) is 2. The van der Waals surface area contributed by atoms with E-state index in [4.69, 9.17) is 9.47 Å². The number of amides is 3. The summed E-state index contributed by atoms with van der Waals surface area (Å²) in [5.41, 5.74) is -0.590. The second-order valence-electron chi connectivity index (χ2n) is 9.39. The first-order chi connectivity index (χ1) is 14.5. The van der Waals surface area contributed by atoms with Crippen molar-refractivity contribution >= 4 is 23.9 Å². The zero-order valence-electron chi connectivity index (χ0n) is 19.5. The molecule has 3 amide bonds. The third kappa shape index (κ3) is 7.40. The number of hydrogen-bond acceptors (Lipinski definition) is 6. The molecule has 0 spiro atoms. The molecule has 2 saturated heterocycles. The van der Waals surface area contributed by atoms with Gasteiger partial charge in [-0.1, -0.05) is 0 Å². The molecule has 0 saturated carbocycles. The van der Waals surface area contributed by atoms with Crippen molar-refractivity contribution < 1.29 is 28.7 Å². The van der Waals surface area contributed by atoms with Gasteiger partial charge in [0.25, 0.3) is 0 Å². The summed E-state index contributed by atoms with van der Waals surface area (Å²) in [6, 6.07) is 0. The lowest BCUT2D eigenvalue weighted by Crippen LogP contribution is -2.50. The van der Waals surface area contributed by atoms with Gasteiger partial charge in [-0.05, 0) is 53.4 Å². The number of likely N-dealkylation sites (N-methyl/N-ethyl adjacent to an activating group) is 1. The fourth-order valence-electron chi connectivity index (χ4n) is 4.02. The summed E-state index contributed by atoms with van der Waals surface area (Å²) in [6.07, 6.45) is 2.41. The van der Waals surface area contributed by atoms with E-state index >= 15 is 0 Å². The number of esters is 1. The molecule has 2 aliphatic heterocycles. The van der Waals surface area contributed by atoms with Gasteiger partial charge < -0.3 is 24.2 Å². The Morgan fingerprint density at radius 2 is 1.55 bits per heavy atom. The molecule has 176 valence electrons. The Labute approximate surface area is 185 Å². The van der Waals surface area contributed by atoms with Gasteiger partial charge in [-0.25, -0.2) is 4.79 Å². The van der Waals surface area contributed by atoms with Crippen LogP contribution in [0.2, 0.25) is 0 Å². The molecule has 0 bridgehead atoms. The molecule has 0 aromatic carbocycles. The van der Waals surface area contributed by atoms with Crippen molar-refractivity contribution in [3.8, 4) is 0 Å². The van der Waals surface area contributed by atoms with Crippen LogP contribution >= 0.6 is 0 Å². The number of carbonyl (C=O) groups excluding carboxylic acids is 4. The highest BCUT2D eigenvalue weighted by atomic mass is 16.6. The second-order valence-corrected chi connectivity index (χ2v) is 9.39. The SMILES string of the molecule is CCOC(=O)C1CCCN(C(=O)CN(C)C(=O)C2CCCN(C(=O)OC(C)(C)C)C2)C1. The molecule has 2 aliphatic rings. The van der Waals surface area contributed by atoms with Crippen molar-refractivity contribution in [3.05, 3.63) is 0 Å². The molecule has 9 nitrogen and oxygen atoms in total. The summed E-state index contributed by atoms with van der Waals surface area (Å²) in [5.74, 6) is -1.26. The van der Waals surface area contributed by atoms with Crippen LogP contribution in [0.25, 0.3) is 0 Å². The van der Waals surface area contributed by atoms with Crippen LogP contribution in [-0.4, -0.2) is 90.6 Å². The molecule has 2 unspecified atom stereocenters. The Morgan fingerprint density at radius 1 is 0.968 bits per heavy atom. The normalized spacial score (nSPS) is 22.0. The van der Waals surface area contributed by atoms with Crippen molar-refractivity contribution in [1.82, 2.24) is 14.7 Å². The van der Waals surface area contributed by atoms with Crippen molar-refractivity contribution in [2.24, 2.45) is 11.8 Å². The minimum Gasteiger partial charge on any atom is -0.466 e. The van der Waals surface area contributed by atoms with Gasteiger partial charge in [0.15, 0.2) is 0 Å². The van der Waals surface area contributed by atoms with Crippen LogP contribution in [0.1, 0.15) is 53.4 Å². The predicted octanol–water partition coefficient (Wildman–Crippen LogP) is 1.89. The fraction of sp³-hybridized carbons (Fsp3) is 0.818. The minimum absolute atomic E-state index is 0.0443. The lowest BCUT2D eigenvalue weighted by atomic mass is 9.96. The fourth-order valence-corrected chi connectivity index (χ4v) is 4.02. The second kappa shape index (κ2) is 10.8. The topological polar surface area (TPSA) is 96.5 Å². The molecule has 0 radical (unpaired) electrons. The Balaban J connectivity index is 1.88. The van der Waals surface area contributed by atoms with Crippen molar-refractivity contribution in [1.29, 1.82) is 0 Å². The Hall–Kier alpha value is -2.32. The van der Waals surface area contributed by atoms with Gasteiger partial charge in [-0.15, -0.1) is 0 Å². The maximum atomic E-state index is 12.9. The third-order valence-corrected chi connectivity index (χ3v) is 5.57. The van der Waals surface area contributed by atoms with Crippen LogP contribution < -0.4 is 0 Å². The Bertz CT molecular complexity index is 675. The van der Waals surface area contributed by atoms with E-state index in [2.05, 4.69) is 0 Å². The van der Waals surface area contributed by atoms with Gasteiger partial charge in [0.1, 0.15) is 5.60 Å². The molecule has 0 aromatic heterocycles. The molecule has 2 atom stereocenters. The van der Waals surface area contributed by atoms with Crippen LogP contribution in [0.15, 0.2) is 0 Å². The van der Waals surface area contributed by atoms with E-state index in [1.807, 2.05) is 20.8 Å². The van der Waals surface area contributed by atoms with Gasteiger partial charge in [0, 0.05) is 33.2 Å². The highest BCUT2D eigenvalue weighted by molar-refractivity contribution is 5.86. The first-order valence-corrected chi connectivity index (χ1v) is 11.2. The summed E-state index contributed by atoms with van der Waals surface area (Å²) in [4.78, 5) is 54.7. The average Bonchev–Trinajstić information content (AvgIpc) is 2.72. The highest BCUT2D eigenvalue weighted by Gasteiger charge is 2.34. The van der Waals surface area contributed by atoms with Gasteiger partial charge in [0.2, 0.25) is 11.8 Å². The first-order valence-electron chi connectivity index (χ1n) is 11.2. The monoisotopic (exact) mass is 439 g/mol. The summed E-state index contributed by atoms with van der Waals surface area (Å²) in [7, 11) is 1.61. The number of ether oxygens (including phenoxy) is 2. The number of nitrogens with zero attached hydrogens (tertiary/aromatic N) is 3. The molecule has 0 aromatic rings. The maximum absolute atomic E-state index is 12.9. The molecule has 31 heavy (non-hydrogen) atoms. The van der Waals surface area contributed by atoms with E-state index in [1.165, 1.54) is 4.90 Å². The zero-order chi connectivity index (χ0) is 23.2. The number of rotatable bonds is 5. The number of carbonyl (C=O) groups is 4. The van der Waals surface area contributed by atoms with Crippen LogP contribution in [-0.2, 0) is 23.9 Å². The van der Waals surface area contributed by atoms with E-state index in [-0.39, 0.29) is 36.2 Å².